The Hall–Kier alpha value is -4.01. The molecule has 0 fully saturated rings. The number of ether oxygens (including phenoxy) is 2. The second-order valence-electron chi connectivity index (χ2n) is 8.61. The van der Waals surface area contributed by atoms with Gasteiger partial charge in [-0.25, -0.2) is 4.79 Å². The van der Waals surface area contributed by atoms with E-state index in [9.17, 15) is 27.9 Å². The van der Waals surface area contributed by atoms with E-state index in [1.165, 1.54) is 19.9 Å². The number of benzene rings is 3. The van der Waals surface area contributed by atoms with Crippen LogP contribution in [0.2, 0.25) is 0 Å². The maximum absolute atomic E-state index is 12.9. The zero-order valence-electron chi connectivity index (χ0n) is 20.0. The maximum Gasteiger partial charge on any atom is 0.416 e. The highest BCUT2D eigenvalue weighted by atomic mass is 19.4. The predicted octanol–water partition coefficient (Wildman–Crippen LogP) is 5.73. The molecule has 0 radical (unpaired) electrons. The predicted molar refractivity (Wildman–Crippen MR) is 128 cm³/mol. The number of halogens is 3. The first-order valence-corrected chi connectivity index (χ1v) is 11.1. The molecule has 9 heteroatoms. The van der Waals surface area contributed by atoms with Crippen LogP contribution in [0.15, 0.2) is 66.7 Å². The lowest BCUT2D eigenvalue weighted by atomic mass is 10.0. The number of carbonyl (C=O) groups excluding carboxylic acids is 1. The van der Waals surface area contributed by atoms with E-state index >= 15 is 0 Å². The summed E-state index contributed by atoms with van der Waals surface area (Å²) in [6, 6.07) is 16.3. The third-order valence-corrected chi connectivity index (χ3v) is 5.35. The summed E-state index contributed by atoms with van der Waals surface area (Å²) in [5.41, 5.74) is -0.0685. The molecule has 3 aromatic rings. The van der Waals surface area contributed by atoms with Crippen molar-refractivity contribution in [3.63, 3.8) is 0 Å². The van der Waals surface area contributed by atoms with Crippen LogP contribution in [-0.4, -0.2) is 35.7 Å². The minimum Gasteiger partial charge on any atom is -0.492 e. The van der Waals surface area contributed by atoms with Gasteiger partial charge in [0.05, 0.1) is 12.1 Å². The van der Waals surface area contributed by atoms with E-state index in [-0.39, 0.29) is 19.1 Å². The maximum atomic E-state index is 12.9. The molecule has 36 heavy (non-hydrogen) atoms. The summed E-state index contributed by atoms with van der Waals surface area (Å²) in [6.07, 6.45) is -4.43. The van der Waals surface area contributed by atoms with Crippen LogP contribution in [0.4, 0.5) is 13.2 Å². The van der Waals surface area contributed by atoms with Crippen molar-refractivity contribution >= 4 is 11.9 Å². The van der Waals surface area contributed by atoms with E-state index in [4.69, 9.17) is 9.47 Å². The zero-order chi connectivity index (χ0) is 26.5. The number of hydrogen-bond acceptors (Lipinski definition) is 4. The molecule has 0 saturated heterocycles. The minimum absolute atomic E-state index is 0.189. The van der Waals surface area contributed by atoms with Gasteiger partial charge < -0.3 is 19.9 Å². The van der Waals surface area contributed by atoms with Gasteiger partial charge in [0, 0.05) is 5.56 Å². The standard InChI is InChI=1S/C27H26F3NO5/c1-17-15-22(11-12-23(17)36-26(2,3)25(33)34)35-14-13-31-24(32)19-9-7-18(8-10-19)20-5-4-6-21(16-20)27(28,29)30/h4-12,15-16H,13-14H2,1-3H3,(H,31,32)(H,33,34). The highest BCUT2D eigenvalue weighted by Gasteiger charge is 2.31. The Labute approximate surface area is 206 Å². The van der Waals surface area contributed by atoms with E-state index in [0.29, 0.717) is 33.8 Å². The highest BCUT2D eigenvalue weighted by molar-refractivity contribution is 5.94. The Bertz CT molecular complexity index is 1240. The number of carbonyl (C=O) groups is 2. The van der Waals surface area contributed by atoms with E-state index in [2.05, 4.69) is 5.32 Å². The van der Waals surface area contributed by atoms with Gasteiger partial charge in [-0.3, -0.25) is 4.79 Å². The van der Waals surface area contributed by atoms with Crippen molar-refractivity contribution in [1.29, 1.82) is 0 Å². The van der Waals surface area contributed by atoms with Gasteiger partial charge >= 0.3 is 12.1 Å². The molecule has 0 aliphatic heterocycles. The van der Waals surface area contributed by atoms with E-state index in [1.54, 1.807) is 55.5 Å². The van der Waals surface area contributed by atoms with Crippen LogP contribution < -0.4 is 14.8 Å². The molecule has 0 aromatic heterocycles. The summed E-state index contributed by atoms with van der Waals surface area (Å²) in [7, 11) is 0. The van der Waals surface area contributed by atoms with E-state index < -0.39 is 23.3 Å². The largest absolute Gasteiger partial charge is 0.492 e. The Kier molecular flexibility index (Phi) is 7.92. The average Bonchev–Trinajstić information content (AvgIpc) is 2.83. The van der Waals surface area contributed by atoms with Gasteiger partial charge in [-0.15, -0.1) is 0 Å². The summed E-state index contributed by atoms with van der Waals surface area (Å²) in [4.78, 5) is 23.6. The topological polar surface area (TPSA) is 84.9 Å². The number of rotatable bonds is 9. The first-order chi connectivity index (χ1) is 16.9. The van der Waals surface area contributed by atoms with Crippen LogP contribution in [-0.2, 0) is 11.0 Å². The molecule has 0 heterocycles. The molecule has 0 aliphatic rings. The molecule has 0 saturated carbocycles. The van der Waals surface area contributed by atoms with E-state index in [0.717, 1.165) is 12.1 Å². The van der Waals surface area contributed by atoms with Crippen molar-refractivity contribution in [3.8, 4) is 22.6 Å². The summed E-state index contributed by atoms with van der Waals surface area (Å²) in [6.45, 7) is 5.10. The smallest absolute Gasteiger partial charge is 0.416 e. The number of carboxylic acid groups (broad SMARTS) is 1. The second kappa shape index (κ2) is 10.7. The monoisotopic (exact) mass is 501 g/mol. The molecule has 3 rings (SSSR count). The van der Waals surface area contributed by atoms with Gasteiger partial charge in [0.25, 0.3) is 5.91 Å². The SMILES string of the molecule is Cc1cc(OCCNC(=O)c2ccc(-c3cccc(C(F)(F)F)c3)cc2)ccc1OC(C)(C)C(=O)O. The van der Waals surface area contributed by atoms with Crippen LogP contribution in [0.1, 0.15) is 35.3 Å². The quantitative estimate of drug-likeness (QED) is 0.366. The number of nitrogens with one attached hydrogen (secondary N) is 1. The van der Waals surface area contributed by atoms with E-state index in [1.807, 2.05) is 0 Å². The van der Waals surface area contributed by atoms with Gasteiger partial charge in [-0.2, -0.15) is 13.2 Å². The van der Waals surface area contributed by atoms with Crippen molar-refractivity contribution in [2.45, 2.75) is 32.5 Å². The minimum atomic E-state index is -4.43. The molecule has 0 spiro atoms. The number of aliphatic carboxylic acids is 1. The molecule has 0 atom stereocenters. The lowest BCUT2D eigenvalue weighted by Gasteiger charge is -2.23. The first-order valence-electron chi connectivity index (χ1n) is 11.1. The Morgan fingerprint density at radius 2 is 1.64 bits per heavy atom. The first kappa shape index (κ1) is 26.6. The molecular formula is C27H26F3NO5. The molecule has 0 aliphatic carbocycles. The Morgan fingerprint density at radius 1 is 0.944 bits per heavy atom. The van der Waals surface area contributed by atoms with Gasteiger partial charge in [0.15, 0.2) is 5.60 Å². The lowest BCUT2D eigenvalue weighted by molar-refractivity contribution is -0.152. The normalized spacial score (nSPS) is 11.6. The third-order valence-electron chi connectivity index (χ3n) is 5.35. The number of carboxylic acids is 1. The molecule has 2 N–H and O–H groups in total. The van der Waals surface area contributed by atoms with Gasteiger partial charge in [-0.1, -0.05) is 24.3 Å². The van der Waals surface area contributed by atoms with Crippen LogP contribution in [0, 0.1) is 6.92 Å². The number of hydrogen-bond donors (Lipinski definition) is 2. The van der Waals surface area contributed by atoms with Crippen LogP contribution in [0.5, 0.6) is 11.5 Å². The van der Waals surface area contributed by atoms with Gasteiger partial charge in [-0.05, 0) is 79.9 Å². The van der Waals surface area contributed by atoms with Gasteiger partial charge in [0.2, 0.25) is 0 Å². The Balaban J connectivity index is 1.52. The number of amides is 1. The zero-order valence-corrected chi connectivity index (χ0v) is 20.0. The fourth-order valence-corrected chi connectivity index (χ4v) is 3.27. The molecule has 0 unspecified atom stereocenters. The fourth-order valence-electron chi connectivity index (χ4n) is 3.27. The third kappa shape index (κ3) is 6.78. The summed E-state index contributed by atoms with van der Waals surface area (Å²) in [5, 5.41) is 11.9. The molecule has 190 valence electrons. The van der Waals surface area contributed by atoms with Crippen molar-refractivity contribution in [2.75, 3.05) is 13.2 Å². The fraction of sp³-hybridized carbons (Fsp3) is 0.259. The molecular weight excluding hydrogens is 475 g/mol. The average molecular weight is 502 g/mol. The van der Waals surface area contributed by atoms with Crippen LogP contribution in [0.25, 0.3) is 11.1 Å². The van der Waals surface area contributed by atoms with Crippen molar-refractivity contribution < 1.29 is 37.3 Å². The molecule has 6 nitrogen and oxygen atoms in total. The van der Waals surface area contributed by atoms with Crippen molar-refractivity contribution in [1.82, 2.24) is 5.32 Å². The lowest BCUT2D eigenvalue weighted by Crippen LogP contribution is -2.38. The molecule has 0 bridgehead atoms. The number of alkyl halides is 3. The Morgan fingerprint density at radius 3 is 2.25 bits per heavy atom. The molecule has 3 aromatic carbocycles. The van der Waals surface area contributed by atoms with Crippen LogP contribution in [0.3, 0.4) is 0 Å². The summed E-state index contributed by atoms with van der Waals surface area (Å²) >= 11 is 0. The summed E-state index contributed by atoms with van der Waals surface area (Å²) < 4.78 is 50.0. The van der Waals surface area contributed by atoms with Crippen LogP contribution >= 0.6 is 0 Å². The number of aryl methyl sites for hydroxylation is 1. The van der Waals surface area contributed by atoms with Gasteiger partial charge in [0.1, 0.15) is 18.1 Å². The van der Waals surface area contributed by atoms with Crippen molar-refractivity contribution in [3.05, 3.63) is 83.4 Å². The molecule has 1 amide bonds. The summed E-state index contributed by atoms with van der Waals surface area (Å²) in [5.74, 6) is -0.461. The van der Waals surface area contributed by atoms with Crippen molar-refractivity contribution in [2.24, 2.45) is 0 Å². The second-order valence-corrected chi connectivity index (χ2v) is 8.61. The highest BCUT2D eigenvalue weighted by Crippen LogP contribution is 2.32.